The lowest BCUT2D eigenvalue weighted by Gasteiger charge is -2.06. The van der Waals surface area contributed by atoms with E-state index in [1.807, 2.05) is 31.3 Å². The van der Waals surface area contributed by atoms with Gasteiger partial charge in [0.25, 0.3) is 5.91 Å². The van der Waals surface area contributed by atoms with E-state index >= 15 is 0 Å². The quantitative estimate of drug-likeness (QED) is 0.851. The third kappa shape index (κ3) is 3.58. The summed E-state index contributed by atoms with van der Waals surface area (Å²) in [6, 6.07) is 9.29. The normalized spacial score (nSPS) is 10.4. The van der Waals surface area contributed by atoms with Gasteiger partial charge in [-0.3, -0.25) is 9.48 Å². The van der Waals surface area contributed by atoms with Gasteiger partial charge in [0.1, 0.15) is 0 Å². The van der Waals surface area contributed by atoms with Crippen LogP contribution >= 0.6 is 11.6 Å². The average molecular weight is 278 g/mol. The molecule has 100 valence electrons. The van der Waals surface area contributed by atoms with E-state index in [0.29, 0.717) is 18.0 Å². The van der Waals surface area contributed by atoms with Crippen LogP contribution in [-0.2, 0) is 19.3 Å². The van der Waals surface area contributed by atoms with Crippen molar-refractivity contribution in [3.05, 3.63) is 53.3 Å². The van der Waals surface area contributed by atoms with Crippen molar-refractivity contribution in [1.29, 1.82) is 0 Å². The number of hydrogen-bond donors (Lipinski definition) is 1. The molecule has 0 unspecified atom stereocenters. The number of halogens is 1. The zero-order chi connectivity index (χ0) is 13.7. The molecule has 4 nitrogen and oxygen atoms in total. The van der Waals surface area contributed by atoms with Gasteiger partial charge in [0.2, 0.25) is 0 Å². The Morgan fingerprint density at radius 3 is 2.95 bits per heavy atom. The highest BCUT2D eigenvalue weighted by molar-refractivity contribution is 6.17. The van der Waals surface area contributed by atoms with Crippen LogP contribution in [0.2, 0.25) is 0 Å². The predicted octanol–water partition coefficient (Wildman–Crippen LogP) is 2.13. The number of aromatic nitrogens is 2. The molecule has 0 saturated heterocycles. The van der Waals surface area contributed by atoms with Crippen LogP contribution in [0.1, 0.15) is 21.6 Å². The molecular formula is C14H16ClN3O. The Balaban J connectivity index is 1.89. The molecule has 1 N–H and O–H groups in total. The number of alkyl halides is 1. The zero-order valence-electron chi connectivity index (χ0n) is 10.8. The molecule has 2 rings (SSSR count). The molecule has 2 aromatic rings. The fourth-order valence-electron chi connectivity index (χ4n) is 1.85. The van der Waals surface area contributed by atoms with Gasteiger partial charge < -0.3 is 5.32 Å². The lowest BCUT2D eigenvalue weighted by molar-refractivity contribution is 0.0954. The standard InChI is InChI=1S/C14H16ClN3O/c1-18-13(6-8-17-18)5-7-16-14(19)12-4-2-3-11(9-12)10-15/h2-4,6,8-9H,5,7,10H2,1H3,(H,16,19). The first-order chi connectivity index (χ1) is 9.20. The maximum atomic E-state index is 11.9. The van der Waals surface area contributed by atoms with Crippen LogP contribution in [-0.4, -0.2) is 22.2 Å². The largest absolute Gasteiger partial charge is 0.352 e. The highest BCUT2D eigenvalue weighted by Crippen LogP contribution is 2.07. The van der Waals surface area contributed by atoms with Crippen LogP contribution in [0.3, 0.4) is 0 Å². The molecule has 0 atom stereocenters. The number of nitrogens with one attached hydrogen (secondary N) is 1. The van der Waals surface area contributed by atoms with E-state index in [1.165, 1.54) is 0 Å². The van der Waals surface area contributed by atoms with Crippen molar-refractivity contribution in [2.75, 3.05) is 6.54 Å². The first-order valence-corrected chi connectivity index (χ1v) is 6.64. The van der Waals surface area contributed by atoms with Crippen molar-refractivity contribution < 1.29 is 4.79 Å². The SMILES string of the molecule is Cn1nccc1CCNC(=O)c1cccc(CCl)c1. The Kier molecular flexibility index (Phi) is 4.58. The molecule has 1 heterocycles. The summed E-state index contributed by atoms with van der Waals surface area (Å²) in [6.45, 7) is 0.587. The Labute approximate surface area is 117 Å². The summed E-state index contributed by atoms with van der Waals surface area (Å²) in [4.78, 5) is 11.9. The predicted molar refractivity (Wildman–Crippen MR) is 75.2 cm³/mol. The van der Waals surface area contributed by atoms with Crippen molar-refractivity contribution in [1.82, 2.24) is 15.1 Å². The van der Waals surface area contributed by atoms with Gasteiger partial charge in [0.05, 0.1) is 0 Å². The van der Waals surface area contributed by atoms with Gasteiger partial charge in [0.15, 0.2) is 0 Å². The molecule has 1 aromatic heterocycles. The van der Waals surface area contributed by atoms with Gasteiger partial charge in [-0.25, -0.2) is 0 Å². The van der Waals surface area contributed by atoms with Crippen molar-refractivity contribution in [2.24, 2.45) is 7.05 Å². The Morgan fingerprint density at radius 2 is 2.26 bits per heavy atom. The molecular weight excluding hydrogens is 262 g/mol. The second-order valence-corrected chi connectivity index (χ2v) is 4.55. The van der Waals surface area contributed by atoms with Crippen molar-refractivity contribution in [3.63, 3.8) is 0 Å². The second kappa shape index (κ2) is 6.38. The second-order valence-electron chi connectivity index (χ2n) is 4.29. The fraction of sp³-hybridized carbons (Fsp3) is 0.286. The van der Waals surface area contributed by atoms with Crippen LogP contribution in [0.4, 0.5) is 0 Å². The third-order valence-electron chi connectivity index (χ3n) is 2.93. The van der Waals surface area contributed by atoms with E-state index in [4.69, 9.17) is 11.6 Å². The smallest absolute Gasteiger partial charge is 0.251 e. The first kappa shape index (κ1) is 13.6. The zero-order valence-corrected chi connectivity index (χ0v) is 11.5. The van der Waals surface area contributed by atoms with Crippen LogP contribution in [0.25, 0.3) is 0 Å². The number of carbonyl (C=O) groups excluding carboxylic acids is 1. The summed E-state index contributed by atoms with van der Waals surface area (Å²) in [6.07, 6.45) is 2.51. The fourth-order valence-corrected chi connectivity index (χ4v) is 2.01. The molecule has 0 aliphatic carbocycles. The summed E-state index contributed by atoms with van der Waals surface area (Å²) in [5, 5.41) is 6.98. The van der Waals surface area contributed by atoms with E-state index in [2.05, 4.69) is 10.4 Å². The van der Waals surface area contributed by atoms with E-state index < -0.39 is 0 Å². The highest BCUT2D eigenvalue weighted by atomic mass is 35.5. The lowest BCUT2D eigenvalue weighted by atomic mass is 10.1. The summed E-state index contributed by atoms with van der Waals surface area (Å²) in [7, 11) is 1.89. The molecule has 19 heavy (non-hydrogen) atoms. The number of benzene rings is 1. The maximum absolute atomic E-state index is 11.9. The number of carbonyl (C=O) groups is 1. The van der Waals surface area contributed by atoms with Crippen molar-refractivity contribution >= 4 is 17.5 Å². The van der Waals surface area contributed by atoms with Crippen LogP contribution < -0.4 is 5.32 Å². The maximum Gasteiger partial charge on any atom is 0.251 e. The van der Waals surface area contributed by atoms with Gasteiger partial charge in [-0.1, -0.05) is 12.1 Å². The van der Waals surface area contributed by atoms with Gasteiger partial charge in [0, 0.05) is 43.3 Å². The number of nitrogens with zero attached hydrogens (tertiary/aromatic N) is 2. The summed E-state index contributed by atoms with van der Waals surface area (Å²) in [5.41, 5.74) is 2.68. The summed E-state index contributed by atoms with van der Waals surface area (Å²) in [5.74, 6) is 0.338. The molecule has 1 amide bonds. The molecule has 0 fully saturated rings. The number of aryl methyl sites for hydroxylation is 1. The van der Waals surface area contributed by atoms with E-state index in [-0.39, 0.29) is 5.91 Å². The molecule has 0 aliphatic heterocycles. The monoisotopic (exact) mass is 277 g/mol. The molecule has 0 bridgehead atoms. The minimum atomic E-state index is -0.0749. The average Bonchev–Trinajstić information content (AvgIpc) is 2.84. The molecule has 0 aliphatic rings. The van der Waals surface area contributed by atoms with Crippen LogP contribution in [0.15, 0.2) is 36.5 Å². The summed E-state index contributed by atoms with van der Waals surface area (Å²) < 4.78 is 1.81. The molecule has 0 saturated carbocycles. The van der Waals surface area contributed by atoms with Gasteiger partial charge in [-0.05, 0) is 23.8 Å². The van der Waals surface area contributed by atoms with Crippen LogP contribution in [0.5, 0.6) is 0 Å². The van der Waals surface area contributed by atoms with E-state index in [0.717, 1.165) is 17.7 Å². The van der Waals surface area contributed by atoms with Crippen molar-refractivity contribution in [2.45, 2.75) is 12.3 Å². The first-order valence-electron chi connectivity index (χ1n) is 6.10. The Hall–Kier alpha value is -1.81. The number of amides is 1. The number of rotatable bonds is 5. The van der Waals surface area contributed by atoms with Gasteiger partial charge in [-0.2, -0.15) is 5.10 Å². The van der Waals surface area contributed by atoms with Crippen LogP contribution in [0, 0.1) is 0 Å². The highest BCUT2D eigenvalue weighted by Gasteiger charge is 2.06. The van der Waals surface area contributed by atoms with E-state index in [9.17, 15) is 4.79 Å². The lowest BCUT2D eigenvalue weighted by Crippen LogP contribution is -2.26. The minimum absolute atomic E-state index is 0.0749. The minimum Gasteiger partial charge on any atom is -0.352 e. The third-order valence-corrected chi connectivity index (χ3v) is 3.24. The van der Waals surface area contributed by atoms with Crippen molar-refractivity contribution in [3.8, 4) is 0 Å². The topological polar surface area (TPSA) is 46.9 Å². The van der Waals surface area contributed by atoms with Gasteiger partial charge >= 0.3 is 0 Å². The molecule has 5 heteroatoms. The molecule has 0 radical (unpaired) electrons. The molecule has 1 aromatic carbocycles. The molecule has 0 spiro atoms. The van der Waals surface area contributed by atoms with Gasteiger partial charge in [-0.15, -0.1) is 11.6 Å². The van der Waals surface area contributed by atoms with E-state index in [1.54, 1.807) is 16.9 Å². The Bertz CT molecular complexity index is 565. The Morgan fingerprint density at radius 1 is 1.42 bits per heavy atom. The summed E-state index contributed by atoms with van der Waals surface area (Å²) >= 11 is 5.75. The number of hydrogen-bond acceptors (Lipinski definition) is 2.